The lowest BCUT2D eigenvalue weighted by Crippen LogP contribution is -2.50. The number of piperazine rings is 1. The molecule has 5 rings (SSSR count). The molecule has 3 aromatic rings. The molecular weight excluding hydrogens is 423 g/mol. The number of H-pyrrole nitrogens is 1. The standard InChI is InChI=1S/C24H27FN6O2/c1-26-23(32)20-13-28-21(14-27-20)31-9-7-30(8-10-31)17-6-5-15(11-17)19-12-16-3-2-4-18(25)22(16)24(33)29-19/h2-4,12-15,17H,5-11H2,1H3,(H,26,32)(H,29,33)/t15-,17+/m1/s1. The Labute approximate surface area is 190 Å². The number of nitrogens with one attached hydrogen (secondary N) is 2. The molecule has 33 heavy (non-hydrogen) atoms. The number of nitrogens with zero attached hydrogens (tertiary/aromatic N) is 4. The lowest BCUT2D eigenvalue weighted by atomic mass is 10.00. The number of carbonyl (C=O) groups is 1. The first-order valence-electron chi connectivity index (χ1n) is 11.4. The summed E-state index contributed by atoms with van der Waals surface area (Å²) in [5.41, 5.74) is 0.873. The van der Waals surface area contributed by atoms with Crippen molar-refractivity contribution in [1.82, 2.24) is 25.2 Å². The van der Waals surface area contributed by atoms with Gasteiger partial charge < -0.3 is 15.2 Å². The second-order valence-electron chi connectivity index (χ2n) is 8.78. The van der Waals surface area contributed by atoms with E-state index >= 15 is 0 Å². The van der Waals surface area contributed by atoms with Crippen LogP contribution in [0.5, 0.6) is 0 Å². The Balaban J connectivity index is 1.21. The molecular formula is C24H27FN6O2. The number of aromatic amines is 1. The number of fused-ring (bicyclic) bond motifs is 1. The minimum atomic E-state index is -0.476. The molecule has 1 saturated carbocycles. The van der Waals surface area contributed by atoms with E-state index < -0.39 is 5.82 Å². The van der Waals surface area contributed by atoms with Crippen LogP contribution in [0.1, 0.15) is 41.4 Å². The first-order valence-corrected chi connectivity index (χ1v) is 11.4. The van der Waals surface area contributed by atoms with Gasteiger partial charge in [-0.05, 0) is 36.8 Å². The Morgan fingerprint density at radius 1 is 1.15 bits per heavy atom. The molecule has 172 valence electrons. The van der Waals surface area contributed by atoms with Crippen LogP contribution in [0.15, 0.2) is 41.5 Å². The van der Waals surface area contributed by atoms with Gasteiger partial charge in [0.05, 0.1) is 17.8 Å². The van der Waals surface area contributed by atoms with Crippen LogP contribution in [0.3, 0.4) is 0 Å². The molecule has 2 fully saturated rings. The maximum absolute atomic E-state index is 14.0. The molecule has 1 aliphatic heterocycles. The second kappa shape index (κ2) is 8.90. The molecule has 8 nitrogen and oxygen atoms in total. The van der Waals surface area contributed by atoms with E-state index in [4.69, 9.17) is 0 Å². The highest BCUT2D eigenvalue weighted by Gasteiger charge is 2.33. The van der Waals surface area contributed by atoms with E-state index in [1.54, 1.807) is 25.4 Å². The molecule has 1 aliphatic carbocycles. The number of halogens is 1. The SMILES string of the molecule is CNC(=O)c1cnc(N2CCN([C@H]3CC[C@@H](c4cc5cccc(F)c5c(=O)[nH]4)C3)CC2)cn1. The quantitative estimate of drug-likeness (QED) is 0.633. The normalized spacial score (nSPS) is 21.5. The summed E-state index contributed by atoms with van der Waals surface area (Å²) < 4.78 is 14.0. The van der Waals surface area contributed by atoms with Gasteiger partial charge in [0.2, 0.25) is 0 Å². The van der Waals surface area contributed by atoms with E-state index in [2.05, 4.69) is 30.1 Å². The number of hydrogen-bond donors (Lipinski definition) is 2. The van der Waals surface area contributed by atoms with Crippen LogP contribution in [0, 0.1) is 5.82 Å². The van der Waals surface area contributed by atoms with Crippen LogP contribution >= 0.6 is 0 Å². The first-order chi connectivity index (χ1) is 16.0. The van der Waals surface area contributed by atoms with Crippen molar-refractivity contribution in [2.75, 3.05) is 38.1 Å². The Morgan fingerprint density at radius 2 is 1.97 bits per heavy atom. The van der Waals surface area contributed by atoms with Gasteiger partial charge in [0.15, 0.2) is 0 Å². The number of benzene rings is 1. The minimum Gasteiger partial charge on any atom is -0.354 e. The summed E-state index contributed by atoms with van der Waals surface area (Å²) in [6.45, 7) is 3.55. The lowest BCUT2D eigenvalue weighted by Gasteiger charge is -2.38. The summed E-state index contributed by atoms with van der Waals surface area (Å²) in [5.74, 6) is 0.340. The number of hydrogen-bond acceptors (Lipinski definition) is 6. The monoisotopic (exact) mass is 450 g/mol. The van der Waals surface area contributed by atoms with Crippen LogP contribution in [0.25, 0.3) is 10.8 Å². The molecule has 0 radical (unpaired) electrons. The van der Waals surface area contributed by atoms with Gasteiger partial charge in [0.25, 0.3) is 11.5 Å². The fourth-order valence-electron chi connectivity index (χ4n) is 5.14. The van der Waals surface area contributed by atoms with Crippen LogP contribution in [0.4, 0.5) is 10.2 Å². The third kappa shape index (κ3) is 4.20. The average molecular weight is 451 g/mol. The van der Waals surface area contributed by atoms with E-state index in [-0.39, 0.29) is 22.8 Å². The molecule has 2 N–H and O–H groups in total. The molecule has 9 heteroatoms. The molecule has 0 bridgehead atoms. The van der Waals surface area contributed by atoms with Crippen molar-refractivity contribution in [1.29, 1.82) is 0 Å². The maximum atomic E-state index is 14.0. The largest absolute Gasteiger partial charge is 0.354 e. The van der Waals surface area contributed by atoms with Gasteiger partial charge in [-0.3, -0.25) is 14.5 Å². The fraction of sp³-hybridized carbons (Fsp3) is 0.417. The average Bonchev–Trinajstić information content (AvgIpc) is 3.34. The highest BCUT2D eigenvalue weighted by molar-refractivity contribution is 5.91. The van der Waals surface area contributed by atoms with Crippen LogP contribution in [-0.4, -0.2) is 65.0 Å². The van der Waals surface area contributed by atoms with E-state index in [0.29, 0.717) is 17.1 Å². The molecule has 2 aliphatic rings. The summed E-state index contributed by atoms with van der Waals surface area (Å²) in [6, 6.07) is 7.17. The third-order valence-electron chi connectivity index (χ3n) is 6.94. The van der Waals surface area contributed by atoms with Crippen molar-refractivity contribution in [3.05, 3.63) is 64.2 Å². The number of anilines is 1. The van der Waals surface area contributed by atoms with Gasteiger partial charge in [0.1, 0.15) is 17.3 Å². The van der Waals surface area contributed by atoms with Gasteiger partial charge in [-0.1, -0.05) is 12.1 Å². The Morgan fingerprint density at radius 3 is 2.70 bits per heavy atom. The van der Waals surface area contributed by atoms with Crippen molar-refractivity contribution >= 4 is 22.5 Å². The number of carbonyl (C=O) groups excluding carboxylic acids is 1. The molecule has 2 aromatic heterocycles. The van der Waals surface area contributed by atoms with Crippen molar-refractivity contribution < 1.29 is 9.18 Å². The van der Waals surface area contributed by atoms with Crippen molar-refractivity contribution in [3.63, 3.8) is 0 Å². The molecule has 0 unspecified atom stereocenters. The van der Waals surface area contributed by atoms with E-state index in [1.807, 2.05) is 6.07 Å². The lowest BCUT2D eigenvalue weighted by molar-refractivity contribution is 0.0957. The van der Waals surface area contributed by atoms with E-state index in [1.165, 1.54) is 12.3 Å². The molecule has 1 saturated heterocycles. The molecule has 1 amide bonds. The highest BCUT2D eigenvalue weighted by atomic mass is 19.1. The number of amides is 1. The van der Waals surface area contributed by atoms with Crippen molar-refractivity contribution in [2.45, 2.75) is 31.2 Å². The first kappa shape index (κ1) is 21.5. The zero-order chi connectivity index (χ0) is 22.9. The maximum Gasteiger partial charge on any atom is 0.271 e. The van der Waals surface area contributed by atoms with Gasteiger partial charge in [-0.25, -0.2) is 14.4 Å². The predicted octanol–water partition coefficient (Wildman–Crippen LogP) is 2.28. The topological polar surface area (TPSA) is 94.2 Å². The Bertz CT molecular complexity index is 1220. The smallest absolute Gasteiger partial charge is 0.271 e. The van der Waals surface area contributed by atoms with Crippen molar-refractivity contribution in [2.24, 2.45) is 0 Å². The number of rotatable bonds is 4. The summed E-state index contributed by atoms with van der Waals surface area (Å²) in [7, 11) is 1.57. The summed E-state index contributed by atoms with van der Waals surface area (Å²) >= 11 is 0. The minimum absolute atomic E-state index is 0.137. The molecule has 3 heterocycles. The Kier molecular flexibility index (Phi) is 5.80. The number of pyridine rings is 1. The summed E-state index contributed by atoms with van der Waals surface area (Å²) in [6.07, 6.45) is 6.24. The molecule has 2 atom stereocenters. The van der Waals surface area contributed by atoms with Gasteiger partial charge in [0, 0.05) is 50.9 Å². The third-order valence-corrected chi connectivity index (χ3v) is 6.94. The van der Waals surface area contributed by atoms with Gasteiger partial charge >= 0.3 is 0 Å². The fourth-order valence-corrected chi connectivity index (χ4v) is 5.14. The van der Waals surface area contributed by atoms with Crippen LogP contribution < -0.4 is 15.8 Å². The van der Waals surface area contributed by atoms with E-state index in [9.17, 15) is 14.0 Å². The second-order valence-corrected chi connectivity index (χ2v) is 8.78. The molecule has 0 spiro atoms. The van der Waals surface area contributed by atoms with Crippen LogP contribution in [-0.2, 0) is 0 Å². The highest BCUT2D eigenvalue weighted by Crippen LogP contribution is 2.37. The Hall–Kier alpha value is -3.33. The van der Waals surface area contributed by atoms with Crippen molar-refractivity contribution in [3.8, 4) is 0 Å². The zero-order valence-corrected chi connectivity index (χ0v) is 18.6. The molecule has 1 aromatic carbocycles. The zero-order valence-electron chi connectivity index (χ0n) is 18.6. The van der Waals surface area contributed by atoms with Gasteiger partial charge in [-0.2, -0.15) is 0 Å². The summed E-state index contributed by atoms with van der Waals surface area (Å²) in [5, 5.41) is 3.35. The van der Waals surface area contributed by atoms with Gasteiger partial charge in [-0.15, -0.1) is 0 Å². The van der Waals surface area contributed by atoms with Crippen LogP contribution in [0.2, 0.25) is 0 Å². The predicted molar refractivity (Wildman–Crippen MR) is 124 cm³/mol. The van der Waals surface area contributed by atoms with E-state index in [0.717, 1.165) is 57.0 Å². The summed E-state index contributed by atoms with van der Waals surface area (Å²) in [4.78, 5) is 40.4. The number of aromatic nitrogens is 3.